The molecule has 0 aliphatic heterocycles. The molecule has 2 aromatic rings. The highest BCUT2D eigenvalue weighted by molar-refractivity contribution is 7.89. The third-order valence-corrected chi connectivity index (χ3v) is 6.07. The van der Waals surface area contributed by atoms with Crippen LogP contribution in [0.3, 0.4) is 0 Å². The molecule has 0 unspecified atom stereocenters. The largest absolute Gasteiger partial charge is 0.494 e. The van der Waals surface area contributed by atoms with E-state index in [2.05, 4.69) is 9.82 Å². The Morgan fingerprint density at radius 2 is 2.00 bits per heavy atom. The molecule has 1 fully saturated rings. The maximum Gasteiger partial charge on any atom is 0.240 e. The third-order valence-electron chi connectivity index (χ3n) is 4.56. The van der Waals surface area contributed by atoms with Gasteiger partial charge in [-0.2, -0.15) is 5.10 Å². The Morgan fingerprint density at radius 3 is 2.56 bits per heavy atom. The van der Waals surface area contributed by atoms with Gasteiger partial charge in [0.1, 0.15) is 0 Å². The van der Waals surface area contributed by atoms with Crippen LogP contribution in [0.1, 0.15) is 37.3 Å². The van der Waals surface area contributed by atoms with Crippen LogP contribution in [0.4, 0.5) is 4.39 Å². The first kappa shape index (κ1) is 17.9. The zero-order valence-electron chi connectivity index (χ0n) is 14.3. The Labute approximate surface area is 147 Å². The second kappa shape index (κ2) is 7.13. The fraction of sp³-hybridized carbons (Fsp3) is 0.471. The summed E-state index contributed by atoms with van der Waals surface area (Å²) in [5.41, 5.74) is 1.12. The minimum Gasteiger partial charge on any atom is -0.494 e. The van der Waals surface area contributed by atoms with Gasteiger partial charge in [0.05, 0.1) is 24.2 Å². The van der Waals surface area contributed by atoms with E-state index in [1.54, 1.807) is 0 Å². The molecule has 1 aromatic heterocycles. The summed E-state index contributed by atoms with van der Waals surface area (Å²) in [5.74, 6) is -0.669. The molecule has 8 heteroatoms. The molecule has 1 N–H and O–H groups in total. The van der Waals surface area contributed by atoms with Gasteiger partial charge < -0.3 is 4.74 Å². The maximum absolute atomic E-state index is 13.8. The molecule has 6 nitrogen and oxygen atoms in total. The van der Waals surface area contributed by atoms with Gasteiger partial charge in [-0.25, -0.2) is 17.5 Å². The van der Waals surface area contributed by atoms with E-state index in [-0.39, 0.29) is 16.7 Å². The van der Waals surface area contributed by atoms with Crippen molar-refractivity contribution in [1.82, 2.24) is 14.5 Å². The zero-order chi connectivity index (χ0) is 18.0. The van der Waals surface area contributed by atoms with E-state index in [1.807, 2.05) is 24.0 Å². The van der Waals surface area contributed by atoms with Crippen LogP contribution in [-0.2, 0) is 10.0 Å². The molecule has 136 valence electrons. The van der Waals surface area contributed by atoms with Crippen molar-refractivity contribution >= 4 is 10.0 Å². The van der Waals surface area contributed by atoms with Crippen LogP contribution in [0.15, 0.2) is 35.5 Å². The summed E-state index contributed by atoms with van der Waals surface area (Å²) in [7, 11) is -2.42. The van der Waals surface area contributed by atoms with Crippen molar-refractivity contribution < 1.29 is 17.5 Å². The Bertz CT molecular complexity index is 843. The molecule has 25 heavy (non-hydrogen) atoms. The number of rotatable bonds is 5. The van der Waals surface area contributed by atoms with Crippen molar-refractivity contribution in [2.24, 2.45) is 0 Å². The second-order valence-electron chi connectivity index (χ2n) is 6.42. The number of hydrogen-bond acceptors (Lipinski definition) is 4. The number of sulfonamides is 1. The van der Waals surface area contributed by atoms with Crippen molar-refractivity contribution in [2.45, 2.75) is 49.6 Å². The lowest BCUT2D eigenvalue weighted by Gasteiger charge is -2.29. The van der Waals surface area contributed by atoms with Crippen molar-refractivity contribution in [3.63, 3.8) is 0 Å². The minimum absolute atomic E-state index is 0.0222. The van der Waals surface area contributed by atoms with E-state index in [0.29, 0.717) is 6.04 Å². The summed E-state index contributed by atoms with van der Waals surface area (Å²) >= 11 is 0. The molecule has 1 aromatic carbocycles. The summed E-state index contributed by atoms with van der Waals surface area (Å²) in [6.07, 6.45) is 6.99. The highest BCUT2D eigenvalue weighted by Gasteiger charge is 2.27. The summed E-state index contributed by atoms with van der Waals surface area (Å²) in [5, 5.41) is 4.34. The molecular weight excluding hydrogens is 345 g/mol. The number of hydrogen-bond donors (Lipinski definition) is 1. The minimum atomic E-state index is -3.75. The predicted molar refractivity (Wildman–Crippen MR) is 91.5 cm³/mol. The van der Waals surface area contributed by atoms with E-state index in [9.17, 15) is 12.8 Å². The molecule has 0 bridgehead atoms. The first-order valence-corrected chi connectivity index (χ1v) is 9.74. The average molecular weight is 367 g/mol. The van der Waals surface area contributed by atoms with E-state index in [4.69, 9.17) is 4.74 Å². The number of aromatic nitrogens is 2. The van der Waals surface area contributed by atoms with Crippen LogP contribution in [0.2, 0.25) is 0 Å². The normalized spacial score (nSPS) is 21.2. The first-order valence-electron chi connectivity index (χ1n) is 8.25. The Kier molecular flexibility index (Phi) is 5.10. The van der Waals surface area contributed by atoms with Crippen molar-refractivity contribution in [3.8, 4) is 5.75 Å². The van der Waals surface area contributed by atoms with E-state index in [1.165, 1.54) is 19.2 Å². The molecule has 1 heterocycles. The Balaban J connectivity index is 1.63. The van der Waals surface area contributed by atoms with Gasteiger partial charge in [-0.15, -0.1) is 0 Å². The number of halogens is 1. The molecule has 0 spiro atoms. The highest BCUT2D eigenvalue weighted by Crippen LogP contribution is 2.29. The number of ether oxygens (including phenoxy) is 1. The summed E-state index contributed by atoms with van der Waals surface area (Å²) in [4.78, 5) is -0.0874. The lowest BCUT2D eigenvalue weighted by atomic mass is 9.92. The van der Waals surface area contributed by atoms with E-state index < -0.39 is 15.8 Å². The molecular formula is C17H22FN3O3S. The lowest BCUT2D eigenvalue weighted by molar-refractivity contribution is 0.293. The molecule has 0 radical (unpaired) electrons. The van der Waals surface area contributed by atoms with Crippen LogP contribution >= 0.6 is 0 Å². The average Bonchev–Trinajstić information content (AvgIpc) is 3.01. The maximum atomic E-state index is 13.8. The molecule has 3 rings (SSSR count). The van der Waals surface area contributed by atoms with Gasteiger partial charge in [-0.1, -0.05) is 0 Å². The molecule has 0 amide bonds. The number of nitrogens with zero attached hydrogens (tertiary/aromatic N) is 2. The smallest absolute Gasteiger partial charge is 0.240 e. The predicted octanol–water partition coefficient (Wildman–Crippen LogP) is 2.80. The van der Waals surface area contributed by atoms with Crippen molar-refractivity contribution in [1.29, 1.82) is 0 Å². The van der Waals surface area contributed by atoms with Crippen LogP contribution in [0.5, 0.6) is 5.75 Å². The Hall–Kier alpha value is -1.93. The lowest BCUT2D eigenvalue weighted by Crippen LogP contribution is -2.38. The fourth-order valence-corrected chi connectivity index (χ4v) is 4.51. The number of benzene rings is 1. The summed E-state index contributed by atoms with van der Waals surface area (Å²) in [6.45, 7) is 2.00. The first-order chi connectivity index (χ1) is 11.9. The molecule has 1 aliphatic rings. The number of methoxy groups -OCH3 is 1. The third kappa shape index (κ3) is 4.01. The van der Waals surface area contributed by atoms with Gasteiger partial charge in [0, 0.05) is 12.2 Å². The van der Waals surface area contributed by atoms with Crippen LogP contribution in [0.25, 0.3) is 0 Å². The topological polar surface area (TPSA) is 73.2 Å². The second-order valence-corrected chi connectivity index (χ2v) is 8.13. The SMILES string of the molecule is COc1ccc(S(=O)(=O)NC2CCC(n3cc(C)cn3)CC2)cc1F. The monoisotopic (exact) mass is 367 g/mol. The van der Waals surface area contributed by atoms with Crippen molar-refractivity contribution in [2.75, 3.05) is 7.11 Å². The highest BCUT2D eigenvalue weighted by atomic mass is 32.2. The fourth-order valence-electron chi connectivity index (χ4n) is 3.19. The van der Waals surface area contributed by atoms with E-state index in [0.717, 1.165) is 37.3 Å². The summed E-state index contributed by atoms with van der Waals surface area (Å²) in [6, 6.07) is 3.80. The van der Waals surface area contributed by atoms with Gasteiger partial charge in [0.2, 0.25) is 10.0 Å². The van der Waals surface area contributed by atoms with Gasteiger partial charge in [-0.3, -0.25) is 4.68 Å². The number of aryl methyl sites for hydroxylation is 1. The van der Waals surface area contributed by atoms with Gasteiger partial charge >= 0.3 is 0 Å². The standard InChI is InChI=1S/C17H22FN3O3S/c1-12-10-19-21(11-12)14-5-3-13(4-6-14)20-25(22,23)15-7-8-17(24-2)16(18)9-15/h7-11,13-14,20H,3-6H2,1-2H3. The summed E-state index contributed by atoms with van der Waals surface area (Å²) < 4.78 is 48.2. The van der Waals surface area contributed by atoms with Crippen LogP contribution < -0.4 is 9.46 Å². The zero-order valence-corrected chi connectivity index (χ0v) is 15.1. The van der Waals surface area contributed by atoms with Gasteiger partial charge in [0.15, 0.2) is 11.6 Å². The molecule has 1 aliphatic carbocycles. The molecule has 0 atom stereocenters. The van der Waals surface area contributed by atoms with Crippen molar-refractivity contribution in [3.05, 3.63) is 42.0 Å². The number of nitrogens with one attached hydrogen (secondary N) is 1. The Morgan fingerprint density at radius 1 is 1.28 bits per heavy atom. The van der Waals surface area contributed by atoms with Crippen LogP contribution in [0, 0.1) is 12.7 Å². The molecule has 0 saturated heterocycles. The van der Waals surface area contributed by atoms with Gasteiger partial charge in [0.25, 0.3) is 0 Å². The van der Waals surface area contributed by atoms with E-state index >= 15 is 0 Å². The molecule has 1 saturated carbocycles. The van der Waals surface area contributed by atoms with Gasteiger partial charge in [-0.05, 0) is 56.4 Å². The quantitative estimate of drug-likeness (QED) is 0.882. The van der Waals surface area contributed by atoms with Crippen LogP contribution in [-0.4, -0.2) is 31.3 Å².